The zero-order valence-electron chi connectivity index (χ0n) is 7.43. The maximum atomic E-state index is 12.6. The molecule has 0 aromatic carbocycles. The van der Waals surface area contributed by atoms with Gasteiger partial charge in [-0.25, -0.2) is 18.6 Å². The molecule has 1 aromatic heterocycles. The first-order chi connectivity index (χ1) is 6.99. The first kappa shape index (κ1) is 12.3. The summed E-state index contributed by atoms with van der Waals surface area (Å²) in [6.07, 6.45) is -1.72. The maximum absolute atomic E-state index is 12.6. The van der Waals surface area contributed by atoms with Crippen LogP contribution in [0.25, 0.3) is 0 Å². The Morgan fingerprint density at radius 1 is 1.67 bits per heavy atom. The van der Waals surface area contributed by atoms with Crippen LogP contribution in [0.5, 0.6) is 0 Å². The Kier molecular flexibility index (Phi) is 3.98. The van der Waals surface area contributed by atoms with Crippen LogP contribution in [-0.2, 0) is 4.74 Å². The van der Waals surface area contributed by atoms with E-state index in [0.717, 1.165) is 7.11 Å². The number of aromatic nitrogens is 1. The predicted molar refractivity (Wildman–Crippen MR) is 53.2 cm³/mol. The number of hydrogen-bond donors (Lipinski definition) is 0. The molecule has 0 fully saturated rings. The van der Waals surface area contributed by atoms with Gasteiger partial charge in [0.1, 0.15) is 0 Å². The van der Waals surface area contributed by atoms with Gasteiger partial charge in [0.15, 0.2) is 5.69 Å². The second-order valence-corrected chi connectivity index (χ2v) is 3.71. The molecule has 0 amide bonds. The Bertz CT molecular complexity index is 400. The van der Waals surface area contributed by atoms with E-state index in [4.69, 9.17) is 11.6 Å². The third-order valence-electron chi connectivity index (χ3n) is 1.61. The van der Waals surface area contributed by atoms with E-state index in [9.17, 15) is 13.6 Å². The van der Waals surface area contributed by atoms with Crippen LogP contribution in [0.3, 0.4) is 0 Å². The van der Waals surface area contributed by atoms with Gasteiger partial charge in [-0.2, -0.15) is 0 Å². The quantitative estimate of drug-likeness (QED) is 0.787. The lowest BCUT2D eigenvalue weighted by atomic mass is 10.2. The Morgan fingerprint density at radius 2 is 2.27 bits per heavy atom. The molecule has 0 spiro atoms. The Balaban J connectivity index is 3.40. The summed E-state index contributed by atoms with van der Waals surface area (Å²) in [5, 5.41) is -0.236. The highest BCUT2D eigenvalue weighted by Crippen LogP contribution is 2.34. The van der Waals surface area contributed by atoms with E-state index in [-0.39, 0.29) is 9.50 Å². The van der Waals surface area contributed by atoms with Gasteiger partial charge >= 0.3 is 5.97 Å². The van der Waals surface area contributed by atoms with Gasteiger partial charge in [-0.15, -0.1) is 0 Å². The number of hydrogen-bond acceptors (Lipinski definition) is 3. The lowest BCUT2D eigenvalue weighted by Gasteiger charge is -2.08. The summed E-state index contributed by atoms with van der Waals surface area (Å²) >= 11 is 8.56. The van der Waals surface area contributed by atoms with Crippen molar-refractivity contribution >= 4 is 33.5 Å². The van der Waals surface area contributed by atoms with Crippen molar-refractivity contribution in [2.24, 2.45) is 0 Å². The number of ether oxygens (including phenoxy) is 1. The minimum Gasteiger partial charge on any atom is -0.464 e. The number of methoxy groups -OCH3 is 1. The number of pyridine rings is 1. The number of esters is 1. The van der Waals surface area contributed by atoms with Crippen LogP contribution in [0.15, 0.2) is 10.7 Å². The maximum Gasteiger partial charge on any atom is 0.357 e. The predicted octanol–water partition coefficient (Wildman–Crippen LogP) is 3.22. The molecule has 0 saturated carbocycles. The van der Waals surface area contributed by atoms with Crippen molar-refractivity contribution in [3.8, 4) is 0 Å². The van der Waals surface area contributed by atoms with E-state index < -0.39 is 23.7 Å². The molecule has 0 aliphatic rings. The third-order valence-corrected chi connectivity index (χ3v) is 2.84. The van der Waals surface area contributed by atoms with Crippen molar-refractivity contribution in [1.82, 2.24) is 4.98 Å². The van der Waals surface area contributed by atoms with Gasteiger partial charge in [-0.05, 0) is 15.9 Å². The highest BCUT2D eigenvalue weighted by atomic mass is 79.9. The first-order valence-electron chi connectivity index (χ1n) is 3.69. The summed E-state index contributed by atoms with van der Waals surface area (Å²) in [7, 11) is 1.08. The second kappa shape index (κ2) is 4.85. The van der Waals surface area contributed by atoms with E-state index in [0.29, 0.717) is 0 Å². The summed E-state index contributed by atoms with van der Waals surface area (Å²) in [5.74, 6) is -0.945. The summed E-state index contributed by atoms with van der Waals surface area (Å²) in [6, 6.07) is 0. The number of rotatable bonds is 2. The smallest absolute Gasteiger partial charge is 0.357 e. The van der Waals surface area contributed by atoms with Crippen molar-refractivity contribution in [3.05, 3.63) is 26.9 Å². The van der Waals surface area contributed by atoms with Gasteiger partial charge in [0, 0.05) is 6.20 Å². The molecule has 15 heavy (non-hydrogen) atoms. The number of carbonyl (C=O) groups is 1. The van der Waals surface area contributed by atoms with Gasteiger partial charge < -0.3 is 4.74 Å². The fourth-order valence-corrected chi connectivity index (χ4v) is 1.48. The highest BCUT2D eigenvalue weighted by Gasteiger charge is 2.25. The number of halogens is 4. The van der Waals surface area contributed by atoms with E-state index in [1.54, 1.807) is 0 Å². The Morgan fingerprint density at radius 3 is 2.73 bits per heavy atom. The van der Waals surface area contributed by atoms with Crippen LogP contribution in [-0.4, -0.2) is 18.1 Å². The molecule has 82 valence electrons. The molecule has 0 unspecified atom stereocenters. The van der Waals surface area contributed by atoms with Gasteiger partial charge in [0.05, 0.1) is 22.2 Å². The summed E-state index contributed by atoms with van der Waals surface area (Å²) in [4.78, 5) is 14.7. The standard InChI is InChI=1S/C8H5BrClF2NO2/c1-15-8(14)6-4(7(11)12)5(10)3(9)2-13-6/h2,7H,1H3. The topological polar surface area (TPSA) is 39.2 Å². The molecule has 3 nitrogen and oxygen atoms in total. The van der Waals surface area contributed by atoms with Crippen LogP contribution in [0, 0.1) is 0 Å². The Hall–Kier alpha value is -0.750. The van der Waals surface area contributed by atoms with Crippen molar-refractivity contribution < 1.29 is 18.3 Å². The third kappa shape index (κ3) is 2.43. The van der Waals surface area contributed by atoms with Crippen molar-refractivity contribution in [2.45, 2.75) is 6.43 Å². The van der Waals surface area contributed by atoms with Crippen LogP contribution in [0.1, 0.15) is 22.5 Å². The summed E-state index contributed by atoms with van der Waals surface area (Å²) in [5.41, 5.74) is -1.10. The van der Waals surface area contributed by atoms with Crippen molar-refractivity contribution in [2.75, 3.05) is 7.11 Å². The van der Waals surface area contributed by atoms with Gasteiger partial charge in [0.2, 0.25) is 0 Å². The van der Waals surface area contributed by atoms with E-state index >= 15 is 0 Å². The zero-order chi connectivity index (χ0) is 11.6. The molecular formula is C8H5BrClF2NO2. The van der Waals surface area contributed by atoms with Gasteiger partial charge in [-0.3, -0.25) is 0 Å². The molecule has 0 bridgehead atoms. The molecular weight excluding hydrogens is 295 g/mol. The average Bonchev–Trinajstić information content (AvgIpc) is 2.20. The summed E-state index contributed by atoms with van der Waals surface area (Å²) in [6.45, 7) is 0. The first-order valence-corrected chi connectivity index (χ1v) is 4.86. The monoisotopic (exact) mass is 299 g/mol. The average molecular weight is 300 g/mol. The molecule has 0 aliphatic carbocycles. The normalized spacial score (nSPS) is 10.5. The van der Waals surface area contributed by atoms with Crippen LogP contribution in [0.2, 0.25) is 5.02 Å². The molecule has 0 N–H and O–H groups in total. The minimum absolute atomic E-state index is 0.201. The lowest BCUT2D eigenvalue weighted by molar-refractivity contribution is 0.0581. The van der Waals surface area contributed by atoms with Crippen LogP contribution < -0.4 is 0 Å². The van der Waals surface area contributed by atoms with Gasteiger partial charge in [-0.1, -0.05) is 11.6 Å². The molecule has 0 saturated heterocycles. The molecule has 1 heterocycles. The molecule has 1 aromatic rings. The number of carbonyl (C=O) groups excluding carboxylic acids is 1. The van der Waals surface area contributed by atoms with Crippen LogP contribution in [0.4, 0.5) is 8.78 Å². The molecule has 1 rings (SSSR count). The van der Waals surface area contributed by atoms with E-state index in [1.165, 1.54) is 6.20 Å². The fraction of sp³-hybridized carbons (Fsp3) is 0.250. The van der Waals surface area contributed by atoms with E-state index in [1.807, 2.05) is 0 Å². The minimum atomic E-state index is -2.89. The molecule has 7 heteroatoms. The molecule has 0 atom stereocenters. The van der Waals surface area contributed by atoms with Gasteiger partial charge in [0.25, 0.3) is 6.43 Å². The largest absolute Gasteiger partial charge is 0.464 e. The second-order valence-electron chi connectivity index (χ2n) is 2.47. The highest BCUT2D eigenvalue weighted by molar-refractivity contribution is 9.10. The fourth-order valence-electron chi connectivity index (χ4n) is 0.939. The van der Waals surface area contributed by atoms with Crippen molar-refractivity contribution in [3.63, 3.8) is 0 Å². The molecule has 0 aliphatic heterocycles. The van der Waals surface area contributed by atoms with Crippen LogP contribution >= 0.6 is 27.5 Å². The Labute approximate surface area is 97.5 Å². The number of nitrogens with zero attached hydrogens (tertiary/aromatic N) is 1. The summed E-state index contributed by atoms with van der Waals surface area (Å²) < 4.78 is 29.7. The van der Waals surface area contributed by atoms with Crippen molar-refractivity contribution in [1.29, 1.82) is 0 Å². The SMILES string of the molecule is COC(=O)c1ncc(Br)c(Cl)c1C(F)F. The molecule has 0 radical (unpaired) electrons. The lowest BCUT2D eigenvalue weighted by Crippen LogP contribution is -2.09. The van der Waals surface area contributed by atoms with E-state index in [2.05, 4.69) is 25.7 Å². The number of alkyl halides is 2. The zero-order valence-corrected chi connectivity index (χ0v) is 9.77.